The summed E-state index contributed by atoms with van der Waals surface area (Å²) in [6.07, 6.45) is 2.90. The molecule has 0 saturated carbocycles. The molecule has 67 valence electrons. The van der Waals surface area contributed by atoms with Crippen molar-refractivity contribution in [2.24, 2.45) is 11.8 Å². The molecule has 0 aliphatic rings. The van der Waals surface area contributed by atoms with Gasteiger partial charge in [0.1, 0.15) is 0 Å². The molecule has 0 aliphatic heterocycles. The average molecular weight is 171 g/mol. The highest BCUT2D eigenvalue weighted by molar-refractivity contribution is 6.35. The Labute approximate surface area is 74.6 Å². The second kappa shape index (κ2) is 6.90. The SMILES string of the molecule is CC(C)CC[SiH]CCC(C)C. The Kier molecular flexibility index (Phi) is 7.03. The van der Waals surface area contributed by atoms with Crippen molar-refractivity contribution in [1.29, 1.82) is 0 Å². The van der Waals surface area contributed by atoms with Crippen LogP contribution in [-0.4, -0.2) is 9.52 Å². The predicted molar refractivity (Wildman–Crippen MR) is 55.7 cm³/mol. The van der Waals surface area contributed by atoms with Crippen molar-refractivity contribution in [3.05, 3.63) is 0 Å². The predicted octanol–water partition coefficient (Wildman–Crippen LogP) is 3.35. The van der Waals surface area contributed by atoms with Gasteiger partial charge in [0.15, 0.2) is 0 Å². The van der Waals surface area contributed by atoms with E-state index in [4.69, 9.17) is 0 Å². The molecule has 0 rings (SSSR count). The van der Waals surface area contributed by atoms with Gasteiger partial charge in [-0.25, -0.2) is 0 Å². The van der Waals surface area contributed by atoms with E-state index >= 15 is 0 Å². The van der Waals surface area contributed by atoms with Crippen LogP contribution in [0.2, 0.25) is 12.1 Å². The summed E-state index contributed by atoms with van der Waals surface area (Å²) in [5.74, 6) is 1.84. The molecule has 0 unspecified atom stereocenters. The Morgan fingerprint density at radius 1 is 0.818 bits per heavy atom. The van der Waals surface area contributed by atoms with Crippen LogP contribution in [0, 0.1) is 11.8 Å². The highest BCUT2D eigenvalue weighted by atomic mass is 28.2. The van der Waals surface area contributed by atoms with Gasteiger partial charge in [0, 0.05) is 9.52 Å². The number of hydrogen-bond donors (Lipinski definition) is 0. The summed E-state index contributed by atoms with van der Waals surface area (Å²) < 4.78 is 0. The van der Waals surface area contributed by atoms with Crippen molar-refractivity contribution in [3.63, 3.8) is 0 Å². The Hall–Kier alpha value is 0.217. The molecule has 0 atom stereocenters. The fourth-order valence-corrected chi connectivity index (χ4v) is 3.14. The first-order chi connectivity index (χ1) is 5.13. The molecule has 0 N–H and O–H groups in total. The first-order valence-corrected chi connectivity index (χ1v) is 6.58. The quantitative estimate of drug-likeness (QED) is 0.425. The topological polar surface area (TPSA) is 0 Å². The molecule has 11 heavy (non-hydrogen) atoms. The van der Waals surface area contributed by atoms with Crippen molar-refractivity contribution in [1.82, 2.24) is 0 Å². The molecule has 1 radical (unpaired) electrons. The molecule has 0 aromatic rings. The van der Waals surface area contributed by atoms with Crippen LogP contribution >= 0.6 is 0 Å². The number of rotatable bonds is 6. The third-order valence-corrected chi connectivity index (χ3v) is 3.38. The van der Waals surface area contributed by atoms with Crippen molar-refractivity contribution < 1.29 is 0 Å². The zero-order valence-corrected chi connectivity index (χ0v) is 9.72. The third-order valence-electron chi connectivity index (χ3n) is 1.90. The fraction of sp³-hybridized carbons (Fsp3) is 1.00. The molecule has 1 heteroatoms. The second-order valence-corrected chi connectivity index (χ2v) is 5.96. The molecule has 0 heterocycles. The summed E-state index contributed by atoms with van der Waals surface area (Å²) in [5, 5.41) is 0. The van der Waals surface area contributed by atoms with Gasteiger partial charge in [0.05, 0.1) is 0 Å². The van der Waals surface area contributed by atoms with Gasteiger partial charge in [-0.1, -0.05) is 52.6 Å². The van der Waals surface area contributed by atoms with Gasteiger partial charge in [-0.2, -0.15) is 0 Å². The van der Waals surface area contributed by atoms with E-state index in [0.717, 1.165) is 21.4 Å². The Morgan fingerprint density at radius 2 is 1.18 bits per heavy atom. The largest absolute Gasteiger partial charge is 0.0628 e. The van der Waals surface area contributed by atoms with Gasteiger partial charge in [-0.3, -0.25) is 0 Å². The minimum absolute atomic E-state index is 0.772. The van der Waals surface area contributed by atoms with Crippen molar-refractivity contribution >= 4 is 9.52 Å². The van der Waals surface area contributed by atoms with Gasteiger partial charge < -0.3 is 0 Å². The van der Waals surface area contributed by atoms with Gasteiger partial charge in [0.25, 0.3) is 0 Å². The third kappa shape index (κ3) is 10.2. The zero-order valence-electron chi connectivity index (χ0n) is 8.56. The normalized spacial score (nSPS) is 11.5. The van der Waals surface area contributed by atoms with E-state index in [1.807, 2.05) is 0 Å². The molecule has 0 bridgehead atoms. The fourth-order valence-electron chi connectivity index (χ4n) is 1.05. The lowest BCUT2D eigenvalue weighted by Gasteiger charge is -2.04. The lowest BCUT2D eigenvalue weighted by atomic mass is 10.2. The molecule has 0 aliphatic carbocycles. The summed E-state index contributed by atoms with van der Waals surface area (Å²) >= 11 is 0. The van der Waals surface area contributed by atoms with Gasteiger partial charge >= 0.3 is 0 Å². The number of hydrogen-bond acceptors (Lipinski definition) is 0. The first kappa shape index (κ1) is 11.2. The van der Waals surface area contributed by atoms with Crippen LogP contribution in [0.25, 0.3) is 0 Å². The highest BCUT2D eigenvalue weighted by Crippen LogP contribution is 2.08. The zero-order chi connectivity index (χ0) is 8.69. The van der Waals surface area contributed by atoms with E-state index in [1.165, 1.54) is 24.9 Å². The molecule has 0 saturated heterocycles. The molecule has 0 aromatic heterocycles. The summed E-state index contributed by atoms with van der Waals surface area (Å²) in [7, 11) is 0.772. The summed E-state index contributed by atoms with van der Waals surface area (Å²) in [6.45, 7) is 9.29. The lowest BCUT2D eigenvalue weighted by Crippen LogP contribution is -1.96. The minimum Gasteiger partial charge on any atom is -0.0628 e. The summed E-state index contributed by atoms with van der Waals surface area (Å²) in [4.78, 5) is 0. The molecular weight excluding hydrogens is 148 g/mol. The van der Waals surface area contributed by atoms with Gasteiger partial charge in [0.2, 0.25) is 0 Å². The van der Waals surface area contributed by atoms with E-state index in [2.05, 4.69) is 27.7 Å². The molecule has 0 fully saturated rings. The highest BCUT2D eigenvalue weighted by Gasteiger charge is 1.96. The van der Waals surface area contributed by atoms with Crippen LogP contribution in [-0.2, 0) is 0 Å². The Balaban J connectivity index is 2.91. The monoisotopic (exact) mass is 171 g/mol. The van der Waals surface area contributed by atoms with Crippen molar-refractivity contribution in [2.75, 3.05) is 0 Å². The maximum atomic E-state index is 2.32. The van der Waals surface area contributed by atoms with E-state index in [1.54, 1.807) is 0 Å². The second-order valence-electron chi connectivity index (χ2n) is 4.23. The lowest BCUT2D eigenvalue weighted by molar-refractivity contribution is 0.611. The molecule has 0 spiro atoms. The average Bonchev–Trinajstić information content (AvgIpc) is 1.85. The van der Waals surface area contributed by atoms with Crippen molar-refractivity contribution in [3.8, 4) is 0 Å². The maximum Gasteiger partial charge on any atom is 0.0280 e. The van der Waals surface area contributed by atoms with Crippen LogP contribution < -0.4 is 0 Å². The first-order valence-electron chi connectivity index (χ1n) is 4.94. The van der Waals surface area contributed by atoms with Crippen LogP contribution in [0.5, 0.6) is 0 Å². The van der Waals surface area contributed by atoms with E-state index < -0.39 is 0 Å². The molecular formula is C10H23Si. The standard InChI is InChI=1S/C10H23Si/c1-9(2)5-7-11-8-6-10(3)4/h9-11H,5-8H2,1-4H3. The summed E-state index contributed by atoms with van der Waals surface area (Å²) in [5.41, 5.74) is 0. The van der Waals surface area contributed by atoms with Crippen LogP contribution in [0.4, 0.5) is 0 Å². The van der Waals surface area contributed by atoms with E-state index in [9.17, 15) is 0 Å². The molecule has 0 nitrogen and oxygen atoms in total. The summed E-state index contributed by atoms with van der Waals surface area (Å²) in [6, 6.07) is 3.04. The van der Waals surface area contributed by atoms with Crippen LogP contribution in [0.3, 0.4) is 0 Å². The minimum atomic E-state index is 0.772. The van der Waals surface area contributed by atoms with E-state index in [0.29, 0.717) is 0 Å². The maximum absolute atomic E-state index is 2.32. The van der Waals surface area contributed by atoms with Gasteiger partial charge in [-0.15, -0.1) is 0 Å². The van der Waals surface area contributed by atoms with Gasteiger partial charge in [-0.05, 0) is 11.8 Å². The Bertz CT molecular complexity index is 66.9. The smallest absolute Gasteiger partial charge is 0.0280 e. The molecule has 0 amide bonds. The van der Waals surface area contributed by atoms with Crippen LogP contribution in [0.15, 0.2) is 0 Å². The van der Waals surface area contributed by atoms with Crippen LogP contribution in [0.1, 0.15) is 40.5 Å². The molecule has 0 aromatic carbocycles. The van der Waals surface area contributed by atoms with Crippen molar-refractivity contribution in [2.45, 2.75) is 52.6 Å². The van der Waals surface area contributed by atoms with E-state index in [-0.39, 0.29) is 0 Å². The Morgan fingerprint density at radius 3 is 1.45 bits per heavy atom.